The maximum absolute atomic E-state index is 12.5. The minimum Gasteiger partial charge on any atom is -0.455 e. The van der Waals surface area contributed by atoms with Gasteiger partial charge in [0, 0.05) is 25.5 Å². The van der Waals surface area contributed by atoms with Gasteiger partial charge < -0.3 is 10.1 Å². The lowest BCUT2D eigenvalue weighted by Gasteiger charge is -2.29. The van der Waals surface area contributed by atoms with E-state index in [1.54, 1.807) is 5.32 Å². The van der Waals surface area contributed by atoms with Gasteiger partial charge in [-0.05, 0) is 25.0 Å². The molecule has 0 saturated carbocycles. The highest BCUT2D eigenvalue weighted by molar-refractivity contribution is 7.89. The van der Waals surface area contributed by atoms with Crippen molar-refractivity contribution >= 4 is 21.9 Å². The molecule has 150 valence electrons. The maximum Gasteiger partial charge on any atom is 0.405 e. The van der Waals surface area contributed by atoms with Crippen LogP contribution in [0.2, 0.25) is 0 Å². The fourth-order valence-corrected chi connectivity index (χ4v) is 3.92. The minimum absolute atomic E-state index is 0.0485. The van der Waals surface area contributed by atoms with Crippen LogP contribution in [0.15, 0.2) is 29.4 Å². The molecule has 1 aromatic heterocycles. The van der Waals surface area contributed by atoms with Gasteiger partial charge in [-0.15, -0.1) is 0 Å². The van der Waals surface area contributed by atoms with Crippen LogP contribution in [-0.4, -0.2) is 62.0 Å². The number of piperidine rings is 1. The molecule has 1 amide bonds. The molecule has 0 spiro atoms. The largest absolute Gasteiger partial charge is 0.455 e. The van der Waals surface area contributed by atoms with E-state index >= 15 is 0 Å². The Hall–Kier alpha value is -2.21. The molecule has 0 bridgehead atoms. The number of pyridine rings is 1. The summed E-state index contributed by atoms with van der Waals surface area (Å²) in [6.45, 7) is -2.16. The molecule has 2 heterocycles. The van der Waals surface area contributed by atoms with Gasteiger partial charge in [0.25, 0.3) is 5.91 Å². The SMILES string of the molecule is O=C(COC(=O)C1CCN(S(=O)(=O)c2cccnc2)CC1)NCC(F)(F)F. The molecule has 0 aromatic carbocycles. The molecule has 1 fully saturated rings. The van der Waals surface area contributed by atoms with E-state index in [4.69, 9.17) is 4.74 Å². The van der Waals surface area contributed by atoms with Crippen molar-refractivity contribution in [1.82, 2.24) is 14.6 Å². The molecule has 1 aliphatic heterocycles. The first-order chi connectivity index (χ1) is 12.6. The molecule has 0 radical (unpaired) electrons. The summed E-state index contributed by atoms with van der Waals surface area (Å²) in [6, 6.07) is 2.92. The average molecular weight is 409 g/mol. The zero-order chi connectivity index (χ0) is 20.1. The highest BCUT2D eigenvalue weighted by atomic mass is 32.2. The number of hydrogen-bond acceptors (Lipinski definition) is 6. The van der Waals surface area contributed by atoms with Crippen molar-refractivity contribution in [3.05, 3.63) is 24.5 Å². The molecule has 1 N–H and O–H groups in total. The van der Waals surface area contributed by atoms with E-state index in [2.05, 4.69) is 4.98 Å². The van der Waals surface area contributed by atoms with Crippen LogP contribution in [0.4, 0.5) is 13.2 Å². The number of carbonyl (C=O) groups excluding carboxylic acids is 2. The Morgan fingerprint density at radius 3 is 2.52 bits per heavy atom. The lowest BCUT2D eigenvalue weighted by molar-refractivity contribution is -0.155. The van der Waals surface area contributed by atoms with Crippen molar-refractivity contribution in [1.29, 1.82) is 0 Å². The van der Waals surface area contributed by atoms with E-state index in [1.165, 1.54) is 28.8 Å². The third kappa shape index (κ3) is 6.17. The number of aromatic nitrogens is 1. The molecular formula is C15H18F3N3O5S. The standard InChI is InChI=1S/C15H18F3N3O5S/c16-15(17,18)10-20-13(22)9-26-14(23)11-3-6-21(7-4-11)27(24,25)12-2-1-5-19-8-12/h1-2,5,8,11H,3-4,6-7,9-10H2,(H,20,22). The van der Waals surface area contributed by atoms with Gasteiger partial charge in [0.05, 0.1) is 5.92 Å². The van der Waals surface area contributed by atoms with Crippen LogP contribution in [-0.2, 0) is 24.3 Å². The summed E-state index contributed by atoms with van der Waals surface area (Å²) in [4.78, 5) is 27.0. The summed E-state index contributed by atoms with van der Waals surface area (Å²) in [7, 11) is -3.71. The van der Waals surface area contributed by atoms with Crippen molar-refractivity contribution in [3.8, 4) is 0 Å². The first-order valence-electron chi connectivity index (χ1n) is 8.00. The Bertz CT molecular complexity index is 763. The number of ether oxygens (including phenoxy) is 1. The fraction of sp³-hybridized carbons (Fsp3) is 0.533. The molecule has 0 atom stereocenters. The van der Waals surface area contributed by atoms with Gasteiger partial charge in [-0.25, -0.2) is 8.42 Å². The summed E-state index contributed by atoms with van der Waals surface area (Å²) in [6.07, 6.45) is -1.50. The van der Waals surface area contributed by atoms with Crippen LogP contribution >= 0.6 is 0 Å². The number of esters is 1. The highest BCUT2D eigenvalue weighted by Gasteiger charge is 2.33. The van der Waals surface area contributed by atoms with Gasteiger partial charge in [0.2, 0.25) is 10.0 Å². The summed E-state index contributed by atoms with van der Waals surface area (Å²) in [5, 5.41) is 1.59. The molecule has 2 rings (SSSR count). The van der Waals surface area contributed by atoms with E-state index in [9.17, 15) is 31.2 Å². The van der Waals surface area contributed by atoms with Crippen molar-refractivity contribution < 1.29 is 35.9 Å². The number of nitrogens with zero attached hydrogens (tertiary/aromatic N) is 2. The predicted molar refractivity (Wildman–Crippen MR) is 85.7 cm³/mol. The quantitative estimate of drug-likeness (QED) is 0.694. The second-order valence-electron chi connectivity index (χ2n) is 5.87. The molecular weight excluding hydrogens is 391 g/mol. The monoisotopic (exact) mass is 409 g/mol. The maximum atomic E-state index is 12.5. The van der Waals surface area contributed by atoms with Crippen LogP contribution in [0.3, 0.4) is 0 Å². The summed E-state index contributed by atoms with van der Waals surface area (Å²) in [5.74, 6) is -2.42. The number of sulfonamides is 1. The molecule has 27 heavy (non-hydrogen) atoms. The Labute approximate surface area is 153 Å². The van der Waals surface area contributed by atoms with E-state index in [0.717, 1.165) is 0 Å². The smallest absolute Gasteiger partial charge is 0.405 e. The van der Waals surface area contributed by atoms with Gasteiger partial charge in [0.15, 0.2) is 6.61 Å². The summed E-state index contributed by atoms with van der Waals surface area (Å²) >= 11 is 0. The predicted octanol–water partition coefficient (Wildman–Crippen LogP) is 0.704. The number of rotatable bonds is 6. The summed E-state index contributed by atoms with van der Waals surface area (Å²) < 4.78 is 66.8. The molecule has 0 unspecified atom stereocenters. The first-order valence-corrected chi connectivity index (χ1v) is 9.44. The minimum atomic E-state index is -4.55. The number of hydrogen-bond donors (Lipinski definition) is 1. The van der Waals surface area contributed by atoms with Gasteiger partial charge in [-0.2, -0.15) is 17.5 Å². The van der Waals surface area contributed by atoms with Crippen LogP contribution in [0.5, 0.6) is 0 Å². The molecule has 1 saturated heterocycles. The Kier molecular flexibility index (Phi) is 6.76. The number of alkyl halides is 3. The Morgan fingerprint density at radius 1 is 1.30 bits per heavy atom. The third-order valence-electron chi connectivity index (χ3n) is 3.89. The van der Waals surface area contributed by atoms with E-state index < -0.39 is 47.1 Å². The highest BCUT2D eigenvalue weighted by Crippen LogP contribution is 2.24. The molecule has 1 aromatic rings. The van der Waals surface area contributed by atoms with E-state index in [0.29, 0.717) is 0 Å². The molecule has 0 aliphatic carbocycles. The second kappa shape index (κ2) is 8.65. The molecule has 1 aliphatic rings. The van der Waals surface area contributed by atoms with Crippen LogP contribution < -0.4 is 5.32 Å². The van der Waals surface area contributed by atoms with Crippen LogP contribution in [0.1, 0.15) is 12.8 Å². The Morgan fingerprint density at radius 2 is 1.96 bits per heavy atom. The fourth-order valence-electron chi connectivity index (χ4n) is 2.48. The number of halogens is 3. The van der Waals surface area contributed by atoms with E-state index in [1.807, 2.05) is 0 Å². The van der Waals surface area contributed by atoms with Crippen LogP contribution in [0.25, 0.3) is 0 Å². The second-order valence-corrected chi connectivity index (χ2v) is 7.80. The zero-order valence-corrected chi connectivity index (χ0v) is 14.9. The molecule has 12 heteroatoms. The van der Waals surface area contributed by atoms with Crippen molar-refractivity contribution in [2.75, 3.05) is 26.2 Å². The van der Waals surface area contributed by atoms with Gasteiger partial charge in [-0.3, -0.25) is 14.6 Å². The van der Waals surface area contributed by atoms with Gasteiger partial charge >= 0.3 is 12.1 Å². The number of carbonyl (C=O) groups is 2. The lowest BCUT2D eigenvalue weighted by atomic mass is 9.98. The van der Waals surface area contributed by atoms with Crippen molar-refractivity contribution in [2.45, 2.75) is 23.9 Å². The van der Waals surface area contributed by atoms with Crippen molar-refractivity contribution in [3.63, 3.8) is 0 Å². The lowest BCUT2D eigenvalue weighted by Crippen LogP contribution is -2.41. The Balaban J connectivity index is 1.80. The van der Waals surface area contributed by atoms with Gasteiger partial charge in [0.1, 0.15) is 11.4 Å². The van der Waals surface area contributed by atoms with Crippen molar-refractivity contribution in [2.24, 2.45) is 5.92 Å². The van der Waals surface area contributed by atoms with Gasteiger partial charge in [-0.1, -0.05) is 0 Å². The average Bonchev–Trinajstić information content (AvgIpc) is 2.64. The normalized spacial score (nSPS) is 16.7. The number of nitrogens with one attached hydrogen (secondary N) is 1. The zero-order valence-electron chi connectivity index (χ0n) is 14.1. The van der Waals surface area contributed by atoms with E-state index in [-0.39, 0.29) is 30.8 Å². The molecule has 8 nitrogen and oxygen atoms in total. The third-order valence-corrected chi connectivity index (χ3v) is 5.77. The van der Waals surface area contributed by atoms with Crippen LogP contribution in [0, 0.1) is 5.92 Å². The topological polar surface area (TPSA) is 106 Å². The number of amides is 1. The summed E-state index contributed by atoms with van der Waals surface area (Å²) in [5.41, 5.74) is 0. The first kappa shape index (κ1) is 21.1.